The lowest BCUT2D eigenvalue weighted by Gasteiger charge is -2.39. The zero-order valence-electron chi connectivity index (χ0n) is 17.7. The second-order valence-corrected chi connectivity index (χ2v) is 8.50. The highest BCUT2D eigenvalue weighted by molar-refractivity contribution is 6.18. The second-order valence-electron chi connectivity index (χ2n) is 7.92. The summed E-state index contributed by atoms with van der Waals surface area (Å²) in [6, 6.07) is 18.4. The van der Waals surface area contributed by atoms with Crippen molar-refractivity contribution in [1.82, 2.24) is 0 Å². The van der Waals surface area contributed by atoms with Crippen LogP contribution in [-0.2, 0) is 22.0 Å². The van der Waals surface area contributed by atoms with Crippen molar-refractivity contribution >= 4 is 45.6 Å². The van der Waals surface area contributed by atoms with Crippen molar-refractivity contribution in [2.24, 2.45) is 5.92 Å². The molecule has 162 valence electrons. The number of methoxy groups -OCH3 is 2. The molecule has 0 saturated carbocycles. The van der Waals surface area contributed by atoms with E-state index in [4.69, 9.17) is 32.7 Å². The average Bonchev–Trinajstić information content (AvgIpc) is 2.79. The summed E-state index contributed by atoms with van der Waals surface area (Å²) in [6.45, 7) is 0.503. The van der Waals surface area contributed by atoms with Gasteiger partial charge in [-0.25, -0.2) is 0 Å². The number of halogens is 2. The number of benzene rings is 3. The molecule has 0 aliphatic heterocycles. The van der Waals surface area contributed by atoms with E-state index in [1.165, 1.54) is 0 Å². The maximum atomic E-state index is 12.2. The van der Waals surface area contributed by atoms with Gasteiger partial charge in [0.15, 0.2) is 0 Å². The predicted octanol–water partition coefficient (Wildman–Crippen LogP) is 3.95. The van der Waals surface area contributed by atoms with Crippen LogP contribution in [0.15, 0.2) is 54.6 Å². The Morgan fingerprint density at radius 2 is 1.74 bits per heavy atom. The number of rotatable bonds is 7. The van der Waals surface area contributed by atoms with E-state index >= 15 is 0 Å². The summed E-state index contributed by atoms with van der Waals surface area (Å²) in [5.74, 6) is 0.303. The van der Waals surface area contributed by atoms with Crippen molar-refractivity contribution in [2.75, 3.05) is 26.7 Å². The number of aliphatic hydroxyl groups is 1. The van der Waals surface area contributed by atoms with Gasteiger partial charge in [0, 0.05) is 37.5 Å². The molecule has 3 aromatic carbocycles. The molecule has 0 bridgehead atoms. The maximum absolute atomic E-state index is 12.2. The van der Waals surface area contributed by atoms with E-state index in [-0.39, 0.29) is 18.4 Å². The SMILES string of the molecule is COCc1c(CCl)cc2ccccc2c1C1=c2ccccc2=CC(CCl)[C@]1(O)COC. The third-order valence-corrected chi connectivity index (χ3v) is 6.74. The van der Waals surface area contributed by atoms with E-state index in [1.807, 2.05) is 30.3 Å². The van der Waals surface area contributed by atoms with Crippen LogP contribution in [0.4, 0.5) is 0 Å². The van der Waals surface area contributed by atoms with Gasteiger partial charge in [-0.3, -0.25) is 0 Å². The van der Waals surface area contributed by atoms with Crippen LogP contribution >= 0.6 is 23.2 Å². The summed E-state index contributed by atoms with van der Waals surface area (Å²) < 4.78 is 11.1. The van der Waals surface area contributed by atoms with Gasteiger partial charge in [-0.1, -0.05) is 54.6 Å². The molecular weight excluding hydrogens is 431 g/mol. The first-order valence-corrected chi connectivity index (χ1v) is 11.3. The minimum atomic E-state index is -1.30. The van der Waals surface area contributed by atoms with Crippen molar-refractivity contribution in [1.29, 1.82) is 0 Å². The number of hydrogen-bond acceptors (Lipinski definition) is 3. The van der Waals surface area contributed by atoms with Gasteiger partial charge in [-0.2, -0.15) is 0 Å². The molecule has 0 spiro atoms. The van der Waals surface area contributed by atoms with Crippen molar-refractivity contribution < 1.29 is 14.6 Å². The lowest BCUT2D eigenvalue weighted by atomic mass is 9.72. The largest absolute Gasteiger partial charge is 0.382 e. The Balaban J connectivity index is 2.24. The van der Waals surface area contributed by atoms with Crippen LogP contribution in [-0.4, -0.2) is 37.4 Å². The third kappa shape index (κ3) is 3.79. The Morgan fingerprint density at radius 3 is 2.45 bits per heavy atom. The average molecular weight is 457 g/mol. The second kappa shape index (κ2) is 9.32. The van der Waals surface area contributed by atoms with Gasteiger partial charge in [0.05, 0.1) is 13.2 Å². The predicted molar refractivity (Wildman–Crippen MR) is 128 cm³/mol. The standard InChI is InChI=1S/C26H26Cl2O3/c1-30-15-23-19(13-27)11-17-7-3-5-9-21(17)24(23)25-22-10-6-4-8-18(22)12-20(14-28)26(25,29)16-31-2/h3-12,20,29H,13-16H2,1-2H3/t20?,26-/m1/s1. The number of alkyl halides is 2. The van der Waals surface area contributed by atoms with Crippen molar-refractivity contribution in [3.05, 3.63) is 81.7 Å². The summed E-state index contributed by atoms with van der Waals surface area (Å²) in [7, 11) is 3.28. The normalized spacial score (nSPS) is 20.5. The van der Waals surface area contributed by atoms with Crippen LogP contribution in [0.5, 0.6) is 0 Å². The molecule has 31 heavy (non-hydrogen) atoms. The van der Waals surface area contributed by atoms with Gasteiger partial charge in [0.1, 0.15) is 5.60 Å². The molecular formula is C26H26Cl2O3. The topological polar surface area (TPSA) is 38.7 Å². The minimum absolute atomic E-state index is 0.121. The molecule has 1 N–H and O–H groups in total. The van der Waals surface area contributed by atoms with Crippen LogP contribution in [0.3, 0.4) is 0 Å². The molecule has 3 nitrogen and oxygen atoms in total. The first-order chi connectivity index (χ1) is 15.1. The fourth-order valence-corrected chi connectivity index (χ4v) is 5.31. The number of fused-ring (bicyclic) bond motifs is 2. The quantitative estimate of drug-likeness (QED) is 0.547. The van der Waals surface area contributed by atoms with Gasteiger partial charge < -0.3 is 14.6 Å². The highest BCUT2D eigenvalue weighted by atomic mass is 35.5. The molecule has 5 heteroatoms. The molecule has 3 aromatic rings. The number of hydrogen-bond donors (Lipinski definition) is 1. The van der Waals surface area contributed by atoms with Crippen molar-refractivity contribution in [2.45, 2.75) is 18.1 Å². The van der Waals surface area contributed by atoms with Gasteiger partial charge >= 0.3 is 0 Å². The molecule has 0 amide bonds. The van der Waals surface area contributed by atoms with E-state index in [2.05, 4.69) is 30.3 Å². The zero-order valence-corrected chi connectivity index (χ0v) is 19.2. The Labute approximate surface area is 192 Å². The van der Waals surface area contributed by atoms with E-state index in [0.29, 0.717) is 12.5 Å². The van der Waals surface area contributed by atoms with Gasteiger partial charge in [-0.15, -0.1) is 23.2 Å². The molecule has 1 aliphatic rings. The Hall–Kier alpha value is -1.88. The third-order valence-electron chi connectivity index (χ3n) is 6.12. The molecule has 0 saturated heterocycles. The lowest BCUT2D eigenvalue weighted by molar-refractivity contribution is -0.00701. The van der Waals surface area contributed by atoms with Gasteiger partial charge in [-0.05, 0) is 44.0 Å². The fourth-order valence-electron chi connectivity index (χ4n) is 4.73. The molecule has 0 aromatic heterocycles. The van der Waals surface area contributed by atoms with Gasteiger partial charge in [0.25, 0.3) is 0 Å². The summed E-state index contributed by atoms with van der Waals surface area (Å²) in [5.41, 5.74) is 2.42. The zero-order chi connectivity index (χ0) is 22.0. The minimum Gasteiger partial charge on any atom is -0.382 e. The Bertz CT molecular complexity index is 1220. The van der Waals surface area contributed by atoms with E-state index < -0.39 is 5.60 Å². The molecule has 0 fully saturated rings. The maximum Gasteiger partial charge on any atom is 0.121 e. The van der Waals surface area contributed by atoms with Crippen LogP contribution in [0, 0.1) is 5.92 Å². The van der Waals surface area contributed by atoms with E-state index in [0.717, 1.165) is 43.5 Å². The van der Waals surface area contributed by atoms with Crippen molar-refractivity contribution in [3.8, 4) is 0 Å². The fraction of sp³-hybridized carbons (Fsp3) is 0.308. The van der Waals surface area contributed by atoms with Crippen molar-refractivity contribution in [3.63, 3.8) is 0 Å². The first kappa shape index (κ1) is 22.3. The van der Waals surface area contributed by atoms with Crippen LogP contribution in [0.25, 0.3) is 22.4 Å². The Morgan fingerprint density at radius 1 is 1.00 bits per heavy atom. The molecule has 0 radical (unpaired) electrons. The lowest BCUT2D eigenvalue weighted by Crippen LogP contribution is -2.52. The van der Waals surface area contributed by atoms with Crippen LogP contribution in [0.1, 0.15) is 16.7 Å². The van der Waals surface area contributed by atoms with E-state index in [9.17, 15) is 5.11 Å². The van der Waals surface area contributed by atoms with E-state index in [1.54, 1.807) is 14.2 Å². The summed E-state index contributed by atoms with van der Waals surface area (Å²) in [4.78, 5) is 0. The molecule has 0 heterocycles. The number of ether oxygens (including phenoxy) is 2. The highest BCUT2D eigenvalue weighted by Crippen LogP contribution is 2.41. The first-order valence-electron chi connectivity index (χ1n) is 10.3. The molecule has 4 rings (SSSR count). The molecule has 2 atom stereocenters. The smallest absolute Gasteiger partial charge is 0.121 e. The monoisotopic (exact) mass is 456 g/mol. The van der Waals surface area contributed by atoms with Gasteiger partial charge in [0.2, 0.25) is 0 Å². The van der Waals surface area contributed by atoms with Crippen LogP contribution in [0.2, 0.25) is 0 Å². The molecule has 1 aliphatic carbocycles. The Kier molecular flexibility index (Phi) is 6.71. The summed E-state index contributed by atoms with van der Waals surface area (Å²) >= 11 is 12.8. The van der Waals surface area contributed by atoms with Crippen LogP contribution < -0.4 is 10.4 Å². The summed E-state index contributed by atoms with van der Waals surface area (Å²) in [6.07, 6.45) is 2.05. The highest BCUT2D eigenvalue weighted by Gasteiger charge is 2.43. The summed E-state index contributed by atoms with van der Waals surface area (Å²) in [5, 5.41) is 16.3. The molecule has 1 unspecified atom stereocenters.